The quantitative estimate of drug-likeness (QED) is 0.667. The van der Waals surface area contributed by atoms with E-state index in [2.05, 4.69) is 5.32 Å². The maximum atomic E-state index is 13.2. The number of hydrogen-bond donors (Lipinski definition) is 1. The molecule has 20 heavy (non-hydrogen) atoms. The Bertz CT molecular complexity index is 559. The van der Waals surface area contributed by atoms with Crippen LogP contribution in [0, 0.1) is 27.7 Å². The molecule has 1 unspecified atom stereocenters. The molecule has 1 fully saturated rings. The summed E-state index contributed by atoms with van der Waals surface area (Å²) in [5.41, 5.74) is -1.20. The van der Waals surface area contributed by atoms with E-state index in [0.29, 0.717) is 18.1 Å². The first-order chi connectivity index (χ1) is 9.38. The summed E-state index contributed by atoms with van der Waals surface area (Å²) in [6.07, 6.45) is 3.01. The van der Waals surface area contributed by atoms with Crippen molar-refractivity contribution in [3.63, 3.8) is 0 Å². The molecule has 1 N–H and O–H groups in total. The molecule has 1 aliphatic carbocycles. The number of amides is 1. The van der Waals surface area contributed by atoms with Crippen molar-refractivity contribution in [2.45, 2.75) is 32.2 Å². The molecule has 0 aliphatic heterocycles. The molecule has 2 rings (SSSR count). The van der Waals surface area contributed by atoms with Gasteiger partial charge in [-0.25, -0.2) is 8.78 Å². The van der Waals surface area contributed by atoms with E-state index in [9.17, 15) is 23.7 Å². The minimum absolute atomic E-state index is 0.164. The number of rotatable bonds is 5. The van der Waals surface area contributed by atoms with Crippen LogP contribution >= 0.6 is 0 Å². The van der Waals surface area contributed by atoms with Crippen LogP contribution in [-0.4, -0.2) is 16.9 Å². The van der Waals surface area contributed by atoms with E-state index in [1.165, 1.54) is 0 Å². The molecule has 1 aromatic rings. The third-order valence-electron chi connectivity index (χ3n) is 3.24. The second-order valence-corrected chi connectivity index (χ2v) is 5.09. The highest BCUT2D eigenvalue weighted by atomic mass is 19.2. The zero-order valence-electron chi connectivity index (χ0n) is 10.9. The molecule has 0 saturated heterocycles. The van der Waals surface area contributed by atoms with Gasteiger partial charge in [0.2, 0.25) is 0 Å². The number of nitrogens with zero attached hydrogens (tertiary/aromatic N) is 1. The standard InChI is InChI=1S/C13H14F2N2O3/c1-7(4-8-2-3-8)16-13(18)9-5-10(14)11(15)6-12(9)17(19)20/h5-8H,2-4H2,1H3,(H,16,18). The predicted octanol–water partition coefficient (Wildman–Crippen LogP) is 2.79. The number of nitro benzene ring substituents is 1. The van der Waals surface area contributed by atoms with Crippen LogP contribution in [0.3, 0.4) is 0 Å². The Balaban J connectivity index is 2.18. The van der Waals surface area contributed by atoms with E-state index in [1.807, 2.05) is 0 Å². The third kappa shape index (κ3) is 3.28. The fraction of sp³-hybridized carbons (Fsp3) is 0.462. The van der Waals surface area contributed by atoms with Gasteiger partial charge in [-0.3, -0.25) is 14.9 Å². The van der Waals surface area contributed by atoms with E-state index in [0.717, 1.165) is 19.3 Å². The van der Waals surface area contributed by atoms with Crippen molar-refractivity contribution in [1.29, 1.82) is 0 Å². The van der Waals surface area contributed by atoms with Crippen molar-refractivity contribution >= 4 is 11.6 Å². The molecule has 1 aromatic carbocycles. The van der Waals surface area contributed by atoms with E-state index in [4.69, 9.17) is 0 Å². The Morgan fingerprint density at radius 3 is 2.60 bits per heavy atom. The number of halogens is 2. The normalized spacial score (nSPS) is 15.8. The number of nitrogens with one attached hydrogen (secondary N) is 1. The number of benzene rings is 1. The van der Waals surface area contributed by atoms with Crippen molar-refractivity contribution in [3.8, 4) is 0 Å². The molecule has 1 atom stereocenters. The van der Waals surface area contributed by atoms with Crippen molar-refractivity contribution < 1.29 is 18.5 Å². The molecule has 5 nitrogen and oxygen atoms in total. The third-order valence-corrected chi connectivity index (χ3v) is 3.24. The van der Waals surface area contributed by atoms with Crippen LogP contribution in [0.1, 0.15) is 36.5 Å². The average Bonchev–Trinajstić information content (AvgIpc) is 3.15. The highest BCUT2D eigenvalue weighted by Gasteiger charge is 2.27. The summed E-state index contributed by atoms with van der Waals surface area (Å²) >= 11 is 0. The Morgan fingerprint density at radius 2 is 2.05 bits per heavy atom. The summed E-state index contributed by atoms with van der Waals surface area (Å²) in [6.45, 7) is 1.78. The summed E-state index contributed by atoms with van der Waals surface area (Å²) in [4.78, 5) is 21.8. The first kappa shape index (κ1) is 14.4. The van der Waals surface area contributed by atoms with Gasteiger partial charge >= 0.3 is 0 Å². The van der Waals surface area contributed by atoms with Gasteiger partial charge in [0.05, 0.1) is 11.0 Å². The first-order valence-corrected chi connectivity index (χ1v) is 6.32. The second kappa shape index (κ2) is 5.52. The van der Waals surface area contributed by atoms with Crippen molar-refractivity contribution in [3.05, 3.63) is 39.4 Å². The number of carbonyl (C=O) groups excluding carboxylic acids is 1. The molecule has 0 spiro atoms. The summed E-state index contributed by atoms with van der Waals surface area (Å²) in [7, 11) is 0. The van der Waals surface area contributed by atoms with Crippen LogP contribution in [0.25, 0.3) is 0 Å². The lowest BCUT2D eigenvalue weighted by Crippen LogP contribution is -2.33. The van der Waals surface area contributed by atoms with E-state index < -0.39 is 33.7 Å². The number of hydrogen-bond acceptors (Lipinski definition) is 3. The Labute approximate surface area is 114 Å². The van der Waals surface area contributed by atoms with E-state index in [1.54, 1.807) is 6.92 Å². The fourth-order valence-electron chi connectivity index (χ4n) is 2.08. The maximum absolute atomic E-state index is 13.2. The number of carbonyl (C=O) groups is 1. The van der Waals surface area contributed by atoms with Crippen LogP contribution in [0.4, 0.5) is 14.5 Å². The predicted molar refractivity (Wildman–Crippen MR) is 67.3 cm³/mol. The molecular formula is C13H14F2N2O3. The van der Waals surface area contributed by atoms with Crippen molar-refractivity contribution in [2.24, 2.45) is 5.92 Å². The molecule has 0 aromatic heterocycles. The first-order valence-electron chi connectivity index (χ1n) is 6.32. The molecule has 108 valence electrons. The molecule has 1 saturated carbocycles. The van der Waals surface area contributed by atoms with E-state index in [-0.39, 0.29) is 6.04 Å². The Morgan fingerprint density at radius 1 is 1.45 bits per heavy atom. The van der Waals surface area contributed by atoms with Crippen LogP contribution in [0.5, 0.6) is 0 Å². The van der Waals surface area contributed by atoms with E-state index >= 15 is 0 Å². The van der Waals surface area contributed by atoms with Gasteiger partial charge in [0.15, 0.2) is 11.6 Å². The lowest BCUT2D eigenvalue weighted by molar-refractivity contribution is -0.385. The summed E-state index contributed by atoms with van der Waals surface area (Å²) in [5, 5.41) is 13.4. The zero-order valence-corrected chi connectivity index (χ0v) is 10.9. The largest absolute Gasteiger partial charge is 0.349 e. The van der Waals surface area contributed by atoms with Gasteiger partial charge in [-0.05, 0) is 25.3 Å². The SMILES string of the molecule is CC(CC1CC1)NC(=O)c1cc(F)c(F)cc1[N+](=O)[O-]. The Hall–Kier alpha value is -2.05. The van der Waals surface area contributed by atoms with Gasteiger partial charge in [0.25, 0.3) is 11.6 Å². The average molecular weight is 284 g/mol. The zero-order chi connectivity index (χ0) is 14.9. The molecule has 0 bridgehead atoms. The monoisotopic (exact) mass is 284 g/mol. The number of nitro groups is 1. The molecule has 0 radical (unpaired) electrons. The molecule has 1 aliphatic rings. The van der Waals surface area contributed by atoms with Crippen LogP contribution in [0.2, 0.25) is 0 Å². The van der Waals surface area contributed by atoms with Gasteiger partial charge in [0, 0.05) is 6.04 Å². The highest BCUT2D eigenvalue weighted by Crippen LogP contribution is 2.33. The van der Waals surface area contributed by atoms with Crippen molar-refractivity contribution in [2.75, 3.05) is 0 Å². The lowest BCUT2D eigenvalue weighted by Gasteiger charge is -2.13. The van der Waals surface area contributed by atoms with Gasteiger partial charge in [0.1, 0.15) is 5.56 Å². The molecule has 0 heterocycles. The summed E-state index contributed by atoms with van der Waals surface area (Å²) in [6, 6.07) is 0.824. The lowest BCUT2D eigenvalue weighted by atomic mass is 10.1. The van der Waals surface area contributed by atoms with Crippen LogP contribution in [-0.2, 0) is 0 Å². The van der Waals surface area contributed by atoms with Crippen LogP contribution in [0.15, 0.2) is 12.1 Å². The van der Waals surface area contributed by atoms with Crippen LogP contribution < -0.4 is 5.32 Å². The molecule has 7 heteroatoms. The maximum Gasteiger partial charge on any atom is 0.285 e. The second-order valence-electron chi connectivity index (χ2n) is 5.09. The summed E-state index contributed by atoms with van der Waals surface area (Å²) in [5.74, 6) is -2.82. The highest BCUT2D eigenvalue weighted by molar-refractivity contribution is 5.98. The minimum Gasteiger partial charge on any atom is -0.349 e. The van der Waals surface area contributed by atoms with Crippen molar-refractivity contribution in [1.82, 2.24) is 5.32 Å². The topological polar surface area (TPSA) is 72.2 Å². The smallest absolute Gasteiger partial charge is 0.285 e. The molecule has 1 amide bonds. The molecular weight excluding hydrogens is 270 g/mol. The van der Waals surface area contributed by atoms with Gasteiger partial charge in [-0.15, -0.1) is 0 Å². The Kier molecular flexibility index (Phi) is 3.96. The fourth-order valence-corrected chi connectivity index (χ4v) is 2.08. The van der Waals surface area contributed by atoms with Gasteiger partial charge < -0.3 is 5.32 Å². The minimum atomic E-state index is -1.35. The van der Waals surface area contributed by atoms with Gasteiger partial charge in [-0.2, -0.15) is 0 Å². The van der Waals surface area contributed by atoms with Gasteiger partial charge in [-0.1, -0.05) is 12.8 Å². The summed E-state index contributed by atoms with van der Waals surface area (Å²) < 4.78 is 26.2.